The minimum absolute atomic E-state index is 0.542. The molecule has 0 radical (unpaired) electrons. The summed E-state index contributed by atoms with van der Waals surface area (Å²) in [6, 6.07) is 0. The third kappa shape index (κ3) is 5.15. The molecule has 0 amide bonds. The third-order valence-electron chi connectivity index (χ3n) is 4.85. The number of rotatable bonds is 6. The number of aliphatic hydroxyl groups is 4. The molecule has 164 valence electrons. The van der Waals surface area contributed by atoms with Crippen LogP contribution in [0.25, 0.3) is 0 Å². The Hall–Kier alpha value is -0.940. The van der Waals surface area contributed by atoms with Crippen molar-refractivity contribution < 1.29 is 61.7 Å². The summed E-state index contributed by atoms with van der Waals surface area (Å²) >= 11 is 0. The summed E-state index contributed by atoms with van der Waals surface area (Å²) in [6.45, 7) is 2.46. The van der Waals surface area contributed by atoms with Crippen LogP contribution in [0.1, 0.15) is 13.8 Å². The number of carboxylic acid groups (broad SMARTS) is 1. The fraction of sp³-hybridized carbons (Fsp3) is 0.929. The van der Waals surface area contributed by atoms with E-state index in [1.165, 1.54) is 0 Å². The van der Waals surface area contributed by atoms with Crippen molar-refractivity contribution in [2.45, 2.75) is 69.0 Å². The van der Waals surface area contributed by atoms with Crippen LogP contribution in [0.5, 0.6) is 0 Å². The van der Waals surface area contributed by atoms with Crippen LogP contribution in [-0.2, 0) is 33.6 Å². The zero-order valence-electron chi connectivity index (χ0n) is 14.9. The monoisotopic (exact) mass is 432 g/mol. The molecule has 6 N–H and O–H groups in total. The Morgan fingerprint density at radius 2 is 1.61 bits per heavy atom. The van der Waals surface area contributed by atoms with Gasteiger partial charge in [-0.05, 0) is 6.92 Å². The summed E-state index contributed by atoms with van der Waals surface area (Å²) < 4.78 is 50.3. The Balaban J connectivity index is 2.15. The van der Waals surface area contributed by atoms with Crippen molar-refractivity contribution in [3.63, 3.8) is 0 Å². The average molecular weight is 432 g/mol. The second-order valence-corrected chi connectivity index (χ2v) is 7.87. The van der Waals surface area contributed by atoms with Crippen molar-refractivity contribution in [3.8, 4) is 0 Å². The first-order valence-electron chi connectivity index (χ1n) is 8.36. The highest BCUT2D eigenvalue weighted by Crippen LogP contribution is 2.32. The van der Waals surface area contributed by atoms with Crippen LogP contribution in [0.3, 0.4) is 0 Å². The number of hydrogen-bond acceptors (Lipinski definition) is 11. The number of ether oxygens (including phenoxy) is 3. The van der Waals surface area contributed by atoms with Crippen molar-refractivity contribution in [2.24, 2.45) is 5.92 Å². The molecule has 2 aliphatic rings. The average Bonchev–Trinajstić information content (AvgIpc) is 2.59. The van der Waals surface area contributed by atoms with Gasteiger partial charge in [-0.25, -0.2) is 8.98 Å². The summed E-state index contributed by atoms with van der Waals surface area (Å²) in [5.74, 6) is -2.14. The Kier molecular flexibility index (Phi) is 7.36. The Morgan fingerprint density at radius 1 is 1.00 bits per heavy atom. The molecular weight excluding hydrogens is 408 g/mol. The second kappa shape index (κ2) is 8.83. The topological polar surface area (TPSA) is 210 Å². The molecule has 2 heterocycles. The quantitative estimate of drug-likeness (QED) is 0.230. The SMILES string of the molecule is CC1[C@@H](O[C@@H]2OC(C(=O)O)[C@@H](O)[C@H](O)C2O)[C@H](O)C(COS(=O)(=O)O)O[C@@H]1C. The Bertz CT molecular complexity index is 654. The van der Waals surface area contributed by atoms with Gasteiger partial charge in [0.1, 0.15) is 30.5 Å². The summed E-state index contributed by atoms with van der Waals surface area (Å²) in [5.41, 5.74) is 0. The van der Waals surface area contributed by atoms with Gasteiger partial charge in [-0.2, -0.15) is 8.42 Å². The van der Waals surface area contributed by atoms with Crippen LogP contribution in [0.15, 0.2) is 0 Å². The summed E-state index contributed by atoms with van der Waals surface area (Å²) in [7, 11) is -4.78. The van der Waals surface area contributed by atoms with E-state index in [2.05, 4.69) is 4.18 Å². The second-order valence-electron chi connectivity index (χ2n) is 6.78. The first-order chi connectivity index (χ1) is 12.8. The maximum Gasteiger partial charge on any atom is 0.397 e. The fourth-order valence-electron chi connectivity index (χ4n) is 3.08. The molecular formula is C14H24O13S. The standard InChI is InChI=1S/C14H24O13S/c1-4-5(2)25-6(3-24-28(21,22)23)7(15)11(4)26-14-10(18)8(16)9(17)12(27-14)13(19)20/h4-12,14-18H,3H2,1-2H3,(H,19,20)(H,21,22,23)/t4?,5-,6?,7-,8+,9+,10?,11-,12?,14-/m1/s1. The number of aliphatic carboxylic acids is 1. The predicted molar refractivity (Wildman–Crippen MR) is 86.2 cm³/mol. The first-order valence-corrected chi connectivity index (χ1v) is 9.73. The lowest BCUT2D eigenvalue weighted by atomic mass is 9.88. The van der Waals surface area contributed by atoms with Crippen molar-refractivity contribution in [1.82, 2.24) is 0 Å². The highest BCUT2D eigenvalue weighted by atomic mass is 32.3. The minimum Gasteiger partial charge on any atom is -0.479 e. The van der Waals surface area contributed by atoms with E-state index in [9.17, 15) is 33.6 Å². The summed E-state index contributed by atoms with van der Waals surface area (Å²) in [6.07, 6.45) is -13.7. The van der Waals surface area contributed by atoms with Crippen LogP contribution in [-0.4, -0.2) is 106 Å². The number of carboxylic acids is 1. The highest BCUT2D eigenvalue weighted by Gasteiger charge is 2.51. The predicted octanol–water partition coefficient (Wildman–Crippen LogP) is -3.13. The van der Waals surface area contributed by atoms with Crippen molar-refractivity contribution in [2.75, 3.05) is 6.61 Å². The van der Waals surface area contributed by atoms with Gasteiger partial charge in [0, 0.05) is 5.92 Å². The third-order valence-corrected chi connectivity index (χ3v) is 5.29. The smallest absolute Gasteiger partial charge is 0.397 e. The van der Waals surface area contributed by atoms with E-state index < -0.39 is 84.0 Å². The summed E-state index contributed by atoms with van der Waals surface area (Å²) in [5, 5.41) is 49.1. The van der Waals surface area contributed by atoms with Crippen molar-refractivity contribution >= 4 is 16.4 Å². The van der Waals surface area contributed by atoms with Gasteiger partial charge in [0.2, 0.25) is 0 Å². The zero-order chi connectivity index (χ0) is 21.4. The molecule has 2 saturated heterocycles. The molecule has 0 bridgehead atoms. The lowest BCUT2D eigenvalue weighted by molar-refractivity contribution is -0.329. The number of carbonyl (C=O) groups is 1. The molecule has 2 fully saturated rings. The molecule has 28 heavy (non-hydrogen) atoms. The molecule has 0 aromatic carbocycles. The van der Waals surface area contributed by atoms with Gasteiger partial charge in [0.15, 0.2) is 12.4 Å². The fourth-order valence-corrected chi connectivity index (χ4v) is 3.39. The lowest BCUT2D eigenvalue weighted by Crippen LogP contribution is -2.63. The molecule has 0 aromatic heterocycles. The van der Waals surface area contributed by atoms with E-state index in [1.54, 1.807) is 13.8 Å². The maximum absolute atomic E-state index is 11.2. The van der Waals surface area contributed by atoms with Gasteiger partial charge in [-0.1, -0.05) is 6.92 Å². The van der Waals surface area contributed by atoms with Crippen LogP contribution in [0.2, 0.25) is 0 Å². The molecule has 10 atom stereocenters. The number of aliphatic hydroxyl groups excluding tert-OH is 4. The van der Waals surface area contributed by atoms with E-state index in [-0.39, 0.29) is 0 Å². The molecule has 0 aliphatic carbocycles. The van der Waals surface area contributed by atoms with Crippen LogP contribution >= 0.6 is 0 Å². The largest absolute Gasteiger partial charge is 0.479 e. The molecule has 2 aliphatic heterocycles. The maximum atomic E-state index is 11.2. The van der Waals surface area contributed by atoms with Crippen molar-refractivity contribution in [1.29, 1.82) is 0 Å². The van der Waals surface area contributed by atoms with Crippen LogP contribution in [0.4, 0.5) is 0 Å². The van der Waals surface area contributed by atoms with Crippen LogP contribution < -0.4 is 0 Å². The van der Waals surface area contributed by atoms with Gasteiger partial charge >= 0.3 is 16.4 Å². The molecule has 13 nitrogen and oxygen atoms in total. The zero-order valence-corrected chi connectivity index (χ0v) is 15.7. The van der Waals surface area contributed by atoms with E-state index in [1.807, 2.05) is 0 Å². The molecule has 2 rings (SSSR count). The van der Waals surface area contributed by atoms with Crippen molar-refractivity contribution in [3.05, 3.63) is 0 Å². The molecule has 0 aromatic rings. The van der Waals surface area contributed by atoms with E-state index in [0.29, 0.717) is 0 Å². The minimum atomic E-state index is -4.78. The van der Waals surface area contributed by atoms with Gasteiger partial charge in [0.05, 0.1) is 18.8 Å². The molecule has 14 heteroatoms. The highest BCUT2D eigenvalue weighted by molar-refractivity contribution is 7.80. The molecule has 4 unspecified atom stereocenters. The van der Waals surface area contributed by atoms with E-state index in [0.717, 1.165) is 0 Å². The normalized spacial score (nSPS) is 45.0. The molecule has 0 saturated carbocycles. The van der Waals surface area contributed by atoms with E-state index >= 15 is 0 Å². The first kappa shape index (κ1) is 23.3. The van der Waals surface area contributed by atoms with Crippen LogP contribution in [0, 0.1) is 5.92 Å². The van der Waals surface area contributed by atoms with Gasteiger partial charge < -0.3 is 39.7 Å². The molecule has 0 spiro atoms. The van der Waals surface area contributed by atoms with Gasteiger partial charge in [-0.3, -0.25) is 4.55 Å². The Morgan fingerprint density at radius 3 is 2.14 bits per heavy atom. The van der Waals surface area contributed by atoms with E-state index in [4.69, 9.17) is 23.9 Å². The van der Waals surface area contributed by atoms with Gasteiger partial charge in [-0.15, -0.1) is 0 Å². The Labute approximate surface area is 160 Å². The lowest BCUT2D eigenvalue weighted by Gasteiger charge is -2.46. The van der Waals surface area contributed by atoms with Gasteiger partial charge in [0.25, 0.3) is 0 Å². The summed E-state index contributed by atoms with van der Waals surface area (Å²) in [4.78, 5) is 11.2. The number of hydrogen-bond donors (Lipinski definition) is 6.